The first-order chi connectivity index (χ1) is 8.08. The van der Waals surface area contributed by atoms with E-state index in [4.69, 9.17) is 0 Å². The van der Waals surface area contributed by atoms with E-state index in [0.29, 0.717) is 18.5 Å². The van der Waals surface area contributed by atoms with Crippen molar-refractivity contribution in [2.24, 2.45) is 0 Å². The van der Waals surface area contributed by atoms with Crippen LogP contribution < -0.4 is 5.32 Å². The Hall–Kier alpha value is -1.22. The SMILES string of the molecule is C=C(CC)CC(NCC)c1cc(F)ccc1F. The van der Waals surface area contributed by atoms with E-state index in [1.165, 1.54) is 12.1 Å². The Kier molecular flexibility index (Phi) is 5.29. The highest BCUT2D eigenvalue weighted by Crippen LogP contribution is 2.24. The number of hydrogen-bond donors (Lipinski definition) is 1. The first-order valence-electron chi connectivity index (χ1n) is 5.93. The Morgan fingerprint density at radius 1 is 1.35 bits per heavy atom. The van der Waals surface area contributed by atoms with Gasteiger partial charge in [-0.25, -0.2) is 8.78 Å². The van der Waals surface area contributed by atoms with Gasteiger partial charge in [0.1, 0.15) is 11.6 Å². The van der Waals surface area contributed by atoms with E-state index in [2.05, 4.69) is 11.9 Å². The van der Waals surface area contributed by atoms with Crippen LogP contribution in [0.25, 0.3) is 0 Å². The van der Waals surface area contributed by atoms with Crippen molar-refractivity contribution >= 4 is 0 Å². The van der Waals surface area contributed by atoms with Crippen LogP contribution in [-0.2, 0) is 0 Å². The zero-order chi connectivity index (χ0) is 12.8. The lowest BCUT2D eigenvalue weighted by atomic mass is 9.98. The molecule has 0 spiro atoms. The Bertz CT molecular complexity index is 388. The molecule has 1 N–H and O–H groups in total. The Balaban J connectivity index is 2.95. The van der Waals surface area contributed by atoms with Gasteiger partial charge in [0.2, 0.25) is 0 Å². The summed E-state index contributed by atoms with van der Waals surface area (Å²) in [7, 11) is 0. The maximum Gasteiger partial charge on any atom is 0.128 e. The van der Waals surface area contributed by atoms with Gasteiger partial charge in [-0.05, 0) is 37.6 Å². The minimum Gasteiger partial charge on any atom is -0.310 e. The highest BCUT2D eigenvalue weighted by Gasteiger charge is 2.16. The van der Waals surface area contributed by atoms with Crippen molar-refractivity contribution in [3.05, 3.63) is 47.5 Å². The monoisotopic (exact) mass is 239 g/mol. The summed E-state index contributed by atoms with van der Waals surface area (Å²) in [5, 5.41) is 3.16. The van der Waals surface area contributed by atoms with E-state index >= 15 is 0 Å². The van der Waals surface area contributed by atoms with Crippen molar-refractivity contribution < 1.29 is 8.78 Å². The summed E-state index contributed by atoms with van der Waals surface area (Å²) in [6.45, 7) is 8.57. The Morgan fingerprint density at radius 2 is 2.06 bits per heavy atom. The number of nitrogens with one attached hydrogen (secondary N) is 1. The molecule has 0 radical (unpaired) electrons. The summed E-state index contributed by atoms with van der Waals surface area (Å²) in [4.78, 5) is 0. The van der Waals surface area contributed by atoms with Crippen molar-refractivity contribution in [2.75, 3.05) is 6.54 Å². The molecule has 1 aromatic carbocycles. The predicted molar refractivity (Wildman–Crippen MR) is 66.8 cm³/mol. The molecule has 1 rings (SSSR count). The Morgan fingerprint density at radius 3 is 2.65 bits per heavy atom. The van der Waals surface area contributed by atoms with Gasteiger partial charge in [-0.2, -0.15) is 0 Å². The lowest BCUT2D eigenvalue weighted by Crippen LogP contribution is -2.22. The lowest BCUT2D eigenvalue weighted by molar-refractivity contribution is 0.498. The van der Waals surface area contributed by atoms with Crippen molar-refractivity contribution in [3.8, 4) is 0 Å². The molecule has 94 valence electrons. The summed E-state index contributed by atoms with van der Waals surface area (Å²) in [6, 6.07) is 3.36. The molecule has 0 fully saturated rings. The maximum atomic E-state index is 13.7. The second-order valence-corrected chi connectivity index (χ2v) is 4.08. The van der Waals surface area contributed by atoms with E-state index in [1.54, 1.807) is 0 Å². The standard InChI is InChI=1S/C14H19F2N/c1-4-10(3)8-14(17-5-2)12-9-11(15)6-7-13(12)16/h6-7,9,14,17H,3-5,8H2,1-2H3. The molecule has 3 heteroatoms. The fourth-order valence-corrected chi connectivity index (χ4v) is 1.75. The third-order valence-corrected chi connectivity index (χ3v) is 2.78. The summed E-state index contributed by atoms with van der Waals surface area (Å²) >= 11 is 0. The van der Waals surface area contributed by atoms with E-state index in [9.17, 15) is 8.78 Å². The molecule has 0 bridgehead atoms. The van der Waals surface area contributed by atoms with Crippen molar-refractivity contribution in [1.29, 1.82) is 0 Å². The van der Waals surface area contributed by atoms with Crippen LogP contribution in [0, 0.1) is 11.6 Å². The summed E-state index contributed by atoms with van der Waals surface area (Å²) < 4.78 is 26.8. The normalized spacial score (nSPS) is 12.5. The quantitative estimate of drug-likeness (QED) is 0.741. The predicted octanol–water partition coefficient (Wildman–Crippen LogP) is 3.97. The average Bonchev–Trinajstić information content (AvgIpc) is 2.31. The van der Waals surface area contributed by atoms with Gasteiger partial charge in [0.05, 0.1) is 0 Å². The molecule has 0 amide bonds. The summed E-state index contributed by atoms with van der Waals surface area (Å²) in [5.41, 5.74) is 1.40. The molecule has 0 saturated heterocycles. The fourth-order valence-electron chi connectivity index (χ4n) is 1.75. The van der Waals surface area contributed by atoms with Gasteiger partial charge in [0.15, 0.2) is 0 Å². The lowest BCUT2D eigenvalue weighted by Gasteiger charge is -2.20. The fraction of sp³-hybridized carbons (Fsp3) is 0.429. The van der Waals surface area contributed by atoms with Gasteiger partial charge < -0.3 is 5.32 Å². The van der Waals surface area contributed by atoms with Crippen LogP contribution in [0.3, 0.4) is 0 Å². The molecule has 0 aliphatic heterocycles. The molecule has 1 aromatic rings. The average molecular weight is 239 g/mol. The molecule has 0 heterocycles. The van der Waals surface area contributed by atoms with Crippen LogP contribution in [0.4, 0.5) is 8.78 Å². The topological polar surface area (TPSA) is 12.0 Å². The molecule has 0 aliphatic carbocycles. The second kappa shape index (κ2) is 6.50. The van der Waals surface area contributed by atoms with E-state index in [1.807, 2.05) is 13.8 Å². The highest BCUT2D eigenvalue weighted by atomic mass is 19.1. The van der Waals surface area contributed by atoms with Crippen LogP contribution in [0.5, 0.6) is 0 Å². The first kappa shape index (κ1) is 13.8. The zero-order valence-corrected chi connectivity index (χ0v) is 10.4. The van der Waals surface area contributed by atoms with Crippen LogP contribution in [0.15, 0.2) is 30.4 Å². The molecule has 1 atom stereocenters. The minimum atomic E-state index is -0.411. The maximum absolute atomic E-state index is 13.7. The van der Waals surface area contributed by atoms with E-state index in [0.717, 1.165) is 18.1 Å². The smallest absolute Gasteiger partial charge is 0.128 e. The molecular formula is C14H19F2N. The van der Waals surface area contributed by atoms with Gasteiger partial charge >= 0.3 is 0 Å². The van der Waals surface area contributed by atoms with Gasteiger partial charge in [-0.1, -0.05) is 26.0 Å². The van der Waals surface area contributed by atoms with E-state index < -0.39 is 5.82 Å². The van der Waals surface area contributed by atoms with Gasteiger partial charge in [0.25, 0.3) is 0 Å². The highest BCUT2D eigenvalue weighted by molar-refractivity contribution is 5.24. The third kappa shape index (κ3) is 3.93. The van der Waals surface area contributed by atoms with Gasteiger partial charge in [0, 0.05) is 11.6 Å². The molecule has 1 unspecified atom stereocenters. The number of halogens is 2. The van der Waals surface area contributed by atoms with Crippen LogP contribution >= 0.6 is 0 Å². The van der Waals surface area contributed by atoms with Gasteiger partial charge in [-0.3, -0.25) is 0 Å². The summed E-state index contributed by atoms with van der Waals surface area (Å²) in [6.07, 6.45) is 1.48. The van der Waals surface area contributed by atoms with Gasteiger partial charge in [-0.15, -0.1) is 0 Å². The van der Waals surface area contributed by atoms with Crippen molar-refractivity contribution in [3.63, 3.8) is 0 Å². The number of benzene rings is 1. The molecule has 0 aliphatic rings. The van der Waals surface area contributed by atoms with E-state index in [-0.39, 0.29) is 11.9 Å². The summed E-state index contributed by atoms with van der Waals surface area (Å²) in [5.74, 6) is -0.785. The minimum absolute atomic E-state index is 0.205. The molecular weight excluding hydrogens is 220 g/mol. The number of hydrogen-bond acceptors (Lipinski definition) is 1. The first-order valence-corrected chi connectivity index (χ1v) is 5.93. The molecule has 1 nitrogen and oxygen atoms in total. The molecule has 0 saturated carbocycles. The second-order valence-electron chi connectivity index (χ2n) is 4.08. The van der Waals surface area contributed by atoms with Crippen LogP contribution in [-0.4, -0.2) is 6.54 Å². The van der Waals surface area contributed by atoms with Crippen molar-refractivity contribution in [2.45, 2.75) is 32.7 Å². The zero-order valence-electron chi connectivity index (χ0n) is 10.4. The van der Waals surface area contributed by atoms with Crippen LogP contribution in [0.2, 0.25) is 0 Å². The Labute approximate surface area is 102 Å². The van der Waals surface area contributed by atoms with Crippen molar-refractivity contribution in [1.82, 2.24) is 5.32 Å². The van der Waals surface area contributed by atoms with Crippen LogP contribution in [0.1, 0.15) is 38.3 Å². The molecule has 0 aromatic heterocycles. The molecule has 17 heavy (non-hydrogen) atoms. The third-order valence-electron chi connectivity index (χ3n) is 2.78. The largest absolute Gasteiger partial charge is 0.310 e. The number of rotatable bonds is 6.